The molecule has 0 bridgehead atoms. The van der Waals surface area contributed by atoms with Crippen LogP contribution in [0.3, 0.4) is 0 Å². The van der Waals surface area contributed by atoms with Crippen LogP contribution in [0, 0.1) is 12.7 Å². The lowest BCUT2D eigenvalue weighted by molar-refractivity contribution is 0.102. The molecule has 27 heavy (non-hydrogen) atoms. The molecule has 3 heterocycles. The standard InChI is InChI=1S/C20H17FN4OS/c1-3-25-10-15(14-5-4-8-22-18(14)25)20-24-17(11-27-20)19(26)23-16-9-13(21)7-6-12(16)2/h4-11H,3H2,1-2H3,(H,23,26). The summed E-state index contributed by atoms with van der Waals surface area (Å²) in [6.07, 6.45) is 3.77. The molecule has 0 saturated carbocycles. The second-order valence-corrected chi connectivity index (χ2v) is 7.01. The first-order valence-corrected chi connectivity index (χ1v) is 9.42. The summed E-state index contributed by atoms with van der Waals surface area (Å²) in [6, 6.07) is 8.19. The molecule has 1 amide bonds. The van der Waals surface area contributed by atoms with Crippen LogP contribution < -0.4 is 5.32 Å². The molecule has 1 N–H and O–H groups in total. The van der Waals surface area contributed by atoms with Crippen LogP contribution in [0.2, 0.25) is 0 Å². The number of carbonyl (C=O) groups is 1. The van der Waals surface area contributed by atoms with Crippen molar-refractivity contribution in [1.29, 1.82) is 0 Å². The number of benzene rings is 1. The van der Waals surface area contributed by atoms with Crippen molar-refractivity contribution < 1.29 is 9.18 Å². The van der Waals surface area contributed by atoms with E-state index in [4.69, 9.17) is 0 Å². The number of nitrogens with one attached hydrogen (secondary N) is 1. The van der Waals surface area contributed by atoms with Crippen molar-refractivity contribution in [3.63, 3.8) is 0 Å². The number of aryl methyl sites for hydroxylation is 2. The van der Waals surface area contributed by atoms with Crippen molar-refractivity contribution in [2.75, 3.05) is 5.32 Å². The minimum atomic E-state index is -0.394. The molecule has 0 aliphatic carbocycles. The maximum Gasteiger partial charge on any atom is 0.275 e. The minimum absolute atomic E-state index is 0.306. The number of hydrogen-bond acceptors (Lipinski definition) is 4. The molecular formula is C20H17FN4OS. The van der Waals surface area contributed by atoms with Crippen LogP contribution in [0.5, 0.6) is 0 Å². The maximum absolute atomic E-state index is 13.4. The highest BCUT2D eigenvalue weighted by Gasteiger charge is 2.17. The molecule has 0 atom stereocenters. The monoisotopic (exact) mass is 380 g/mol. The summed E-state index contributed by atoms with van der Waals surface area (Å²) in [5.41, 5.74) is 3.39. The molecular weight excluding hydrogens is 363 g/mol. The Balaban J connectivity index is 1.66. The van der Waals surface area contributed by atoms with E-state index in [1.807, 2.05) is 25.3 Å². The van der Waals surface area contributed by atoms with E-state index >= 15 is 0 Å². The van der Waals surface area contributed by atoms with Crippen LogP contribution in [0.1, 0.15) is 23.0 Å². The third-order valence-corrected chi connectivity index (χ3v) is 5.27. The number of carbonyl (C=O) groups excluding carboxylic acids is 1. The van der Waals surface area contributed by atoms with Crippen molar-refractivity contribution in [3.8, 4) is 10.6 Å². The van der Waals surface area contributed by atoms with E-state index in [1.165, 1.54) is 23.5 Å². The number of amides is 1. The van der Waals surface area contributed by atoms with Gasteiger partial charge in [-0.15, -0.1) is 11.3 Å². The fourth-order valence-corrected chi connectivity index (χ4v) is 3.77. The van der Waals surface area contributed by atoms with Gasteiger partial charge in [0, 0.05) is 41.0 Å². The van der Waals surface area contributed by atoms with Gasteiger partial charge >= 0.3 is 0 Å². The Bertz CT molecular complexity index is 1150. The first kappa shape index (κ1) is 17.4. The fraction of sp³-hybridized carbons (Fsp3) is 0.150. The zero-order valence-electron chi connectivity index (χ0n) is 14.9. The summed E-state index contributed by atoms with van der Waals surface area (Å²) in [6.45, 7) is 4.67. The molecule has 0 unspecified atom stereocenters. The van der Waals surface area contributed by atoms with Gasteiger partial charge in [0.05, 0.1) is 0 Å². The van der Waals surface area contributed by atoms with Gasteiger partial charge in [-0.2, -0.15) is 0 Å². The predicted octanol–water partition coefficient (Wildman–Crippen LogP) is 4.88. The van der Waals surface area contributed by atoms with Gasteiger partial charge in [0.1, 0.15) is 22.2 Å². The van der Waals surface area contributed by atoms with E-state index in [2.05, 4.69) is 26.8 Å². The number of halogens is 1. The van der Waals surface area contributed by atoms with Crippen molar-refractivity contribution in [2.24, 2.45) is 0 Å². The number of aromatic nitrogens is 3. The molecule has 0 saturated heterocycles. The molecule has 0 aliphatic heterocycles. The predicted molar refractivity (Wildman–Crippen MR) is 106 cm³/mol. The van der Waals surface area contributed by atoms with Crippen LogP contribution in [0.4, 0.5) is 10.1 Å². The second kappa shape index (κ2) is 6.92. The third kappa shape index (κ3) is 3.21. The van der Waals surface area contributed by atoms with Gasteiger partial charge in [-0.05, 0) is 43.7 Å². The number of thiazole rings is 1. The Hall–Kier alpha value is -3.06. The number of pyridine rings is 1. The minimum Gasteiger partial charge on any atom is -0.332 e. The Labute approximate surface area is 159 Å². The summed E-state index contributed by atoms with van der Waals surface area (Å²) in [5.74, 6) is -0.752. The van der Waals surface area contributed by atoms with Crippen molar-refractivity contribution in [3.05, 3.63) is 65.2 Å². The first-order valence-electron chi connectivity index (χ1n) is 8.54. The van der Waals surface area contributed by atoms with Gasteiger partial charge in [-0.1, -0.05) is 6.07 Å². The highest BCUT2D eigenvalue weighted by atomic mass is 32.1. The SMILES string of the molecule is CCn1cc(-c2nc(C(=O)Nc3cc(F)ccc3C)cs2)c2cccnc21. The lowest BCUT2D eigenvalue weighted by Crippen LogP contribution is -2.13. The zero-order valence-corrected chi connectivity index (χ0v) is 15.7. The van der Waals surface area contributed by atoms with Crippen LogP contribution in [0.25, 0.3) is 21.6 Å². The van der Waals surface area contributed by atoms with Gasteiger partial charge in [0.25, 0.3) is 5.91 Å². The third-order valence-electron chi connectivity index (χ3n) is 4.39. The van der Waals surface area contributed by atoms with Gasteiger partial charge < -0.3 is 9.88 Å². The van der Waals surface area contributed by atoms with E-state index in [1.54, 1.807) is 17.6 Å². The molecule has 4 rings (SSSR count). The van der Waals surface area contributed by atoms with Crippen LogP contribution in [-0.2, 0) is 6.54 Å². The van der Waals surface area contributed by atoms with E-state index in [-0.39, 0.29) is 5.91 Å². The fourth-order valence-electron chi connectivity index (χ4n) is 2.95. The molecule has 4 aromatic rings. The lowest BCUT2D eigenvalue weighted by Gasteiger charge is -2.06. The second-order valence-electron chi connectivity index (χ2n) is 6.15. The molecule has 0 aliphatic rings. The van der Waals surface area contributed by atoms with Gasteiger partial charge in [-0.25, -0.2) is 14.4 Å². The molecule has 7 heteroatoms. The summed E-state index contributed by atoms with van der Waals surface area (Å²) in [4.78, 5) is 21.5. The van der Waals surface area contributed by atoms with Crippen molar-refractivity contribution in [1.82, 2.24) is 14.5 Å². The van der Waals surface area contributed by atoms with Crippen LogP contribution in [0.15, 0.2) is 48.1 Å². The average Bonchev–Trinajstić information content (AvgIpc) is 3.29. The molecule has 5 nitrogen and oxygen atoms in total. The summed E-state index contributed by atoms with van der Waals surface area (Å²) < 4.78 is 15.5. The topological polar surface area (TPSA) is 59.8 Å². The number of nitrogens with zero attached hydrogens (tertiary/aromatic N) is 3. The zero-order chi connectivity index (χ0) is 19.0. The Morgan fingerprint density at radius 1 is 1.33 bits per heavy atom. The van der Waals surface area contributed by atoms with Gasteiger partial charge in [0.2, 0.25) is 0 Å². The van der Waals surface area contributed by atoms with Gasteiger partial charge in [-0.3, -0.25) is 4.79 Å². The number of rotatable bonds is 4. The summed E-state index contributed by atoms with van der Waals surface area (Å²) in [7, 11) is 0. The number of hydrogen-bond donors (Lipinski definition) is 1. The van der Waals surface area contributed by atoms with E-state index in [0.717, 1.165) is 33.7 Å². The normalized spacial score (nSPS) is 11.1. The lowest BCUT2D eigenvalue weighted by atomic mass is 10.2. The number of anilines is 1. The smallest absolute Gasteiger partial charge is 0.275 e. The highest BCUT2D eigenvalue weighted by Crippen LogP contribution is 2.32. The summed E-state index contributed by atoms with van der Waals surface area (Å²) >= 11 is 1.40. The number of fused-ring (bicyclic) bond motifs is 1. The summed E-state index contributed by atoms with van der Waals surface area (Å²) in [5, 5.41) is 6.20. The maximum atomic E-state index is 13.4. The Morgan fingerprint density at radius 3 is 3.00 bits per heavy atom. The largest absolute Gasteiger partial charge is 0.332 e. The molecule has 0 radical (unpaired) electrons. The quantitative estimate of drug-likeness (QED) is 0.549. The molecule has 0 fully saturated rings. The molecule has 136 valence electrons. The first-order chi connectivity index (χ1) is 13.1. The van der Waals surface area contributed by atoms with Crippen LogP contribution in [-0.4, -0.2) is 20.4 Å². The van der Waals surface area contributed by atoms with E-state index in [9.17, 15) is 9.18 Å². The van der Waals surface area contributed by atoms with Crippen molar-refractivity contribution in [2.45, 2.75) is 20.4 Å². The highest BCUT2D eigenvalue weighted by molar-refractivity contribution is 7.13. The van der Waals surface area contributed by atoms with Crippen LogP contribution >= 0.6 is 11.3 Å². The average molecular weight is 380 g/mol. The Morgan fingerprint density at radius 2 is 2.19 bits per heavy atom. The van der Waals surface area contributed by atoms with E-state index < -0.39 is 5.82 Å². The van der Waals surface area contributed by atoms with Crippen molar-refractivity contribution >= 4 is 34.0 Å². The molecule has 0 spiro atoms. The molecule has 1 aromatic carbocycles. The Kier molecular flexibility index (Phi) is 4.45. The van der Waals surface area contributed by atoms with Gasteiger partial charge in [0.15, 0.2) is 0 Å². The van der Waals surface area contributed by atoms with E-state index in [0.29, 0.717) is 11.4 Å². The molecule has 3 aromatic heterocycles.